The predicted octanol–water partition coefficient (Wildman–Crippen LogP) is 3.62. The summed E-state index contributed by atoms with van der Waals surface area (Å²) < 4.78 is 1.02. The van der Waals surface area contributed by atoms with Crippen LogP contribution in [0, 0.1) is 6.92 Å². The molecule has 4 rings (SSSR count). The van der Waals surface area contributed by atoms with Gasteiger partial charge < -0.3 is 5.32 Å². The Balaban J connectivity index is 1.33. The van der Waals surface area contributed by atoms with Crippen LogP contribution in [0.2, 0.25) is 0 Å². The van der Waals surface area contributed by atoms with Gasteiger partial charge in [0.1, 0.15) is 0 Å². The van der Waals surface area contributed by atoms with Crippen LogP contribution in [0.25, 0.3) is 10.2 Å². The summed E-state index contributed by atoms with van der Waals surface area (Å²) in [6, 6.07) is 12.7. The summed E-state index contributed by atoms with van der Waals surface area (Å²) in [5.74, 6) is -0.766. The molecule has 0 unspecified atom stereocenters. The fourth-order valence-electron chi connectivity index (χ4n) is 3.11. The number of nitrogens with zero attached hydrogens (tertiary/aromatic N) is 2. The predicted molar refractivity (Wildman–Crippen MR) is 104 cm³/mol. The second-order valence-corrected chi connectivity index (χ2v) is 7.48. The van der Waals surface area contributed by atoms with Crippen molar-refractivity contribution in [3.63, 3.8) is 0 Å². The molecule has 6 nitrogen and oxygen atoms in total. The van der Waals surface area contributed by atoms with Crippen LogP contribution >= 0.6 is 11.3 Å². The maximum absolute atomic E-state index is 12.3. The van der Waals surface area contributed by atoms with E-state index in [-0.39, 0.29) is 30.7 Å². The number of benzene rings is 2. The number of amides is 3. The van der Waals surface area contributed by atoms with Gasteiger partial charge in [0.2, 0.25) is 5.91 Å². The van der Waals surface area contributed by atoms with E-state index in [1.54, 1.807) is 24.3 Å². The molecule has 0 bridgehead atoms. The number of fused-ring (bicyclic) bond motifs is 2. The summed E-state index contributed by atoms with van der Waals surface area (Å²) >= 11 is 1.43. The molecule has 1 aliphatic rings. The van der Waals surface area contributed by atoms with Crippen molar-refractivity contribution in [3.05, 3.63) is 59.2 Å². The summed E-state index contributed by atoms with van der Waals surface area (Å²) in [7, 11) is 0. The minimum atomic E-state index is -0.294. The Bertz CT molecular complexity index is 1040. The van der Waals surface area contributed by atoms with Gasteiger partial charge in [-0.1, -0.05) is 29.5 Å². The van der Waals surface area contributed by atoms with Gasteiger partial charge in [0.15, 0.2) is 5.13 Å². The number of aryl methyl sites for hydroxylation is 1. The molecule has 1 N–H and O–H groups in total. The van der Waals surface area contributed by atoms with Crippen molar-refractivity contribution in [1.29, 1.82) is 0 Å². The first kappa shape index (κ1) is 17.4. The van der Waals surface area contributed by atoms with Crippen LogP contribution in [-0.2, 0) is 4.79 Å². The molecule has 0 spiro atoms. The fraction of sp³-hybridized carbons (Fsp3) is 0.200. The van der Waals surface area contributed by atoms with Crippen molar-refractivity contribution >= 4 is 44.4 Å². The zero-order chi connectivity index (χ0) is 19.0. The molecule has 3 aromatic rings. The molecule has 2 aromatic carbocycles. The lowest BCUT2D eigenvalue weighted by molar-refractivity contribution is -0.116. The number of rotatable bonds is 5. The van der Waals surface area contributed by atoms with Crippen molar-refractivity contribution in [2.75, 3.05) is 11.9 Å². The minimum absolute atomic E-state index is 0.178. The number of imide groups is 1. The second kappa shape index (κ2) is 6.92. The lowest BCUT2D eigenvalue weighted by Crippen LogP contribution is -2.31. The Hall–Kier alpha value is -3.06. The molecule has 136 valence electrons. The molecule has 3 amide bonds. The molecule has 2 heterocycles. The van der Waals surface area contributed by atoms with Gasteiger partial charge in [0, 0.05) is 13.0 Å². The first-order chi connectivity index (χ1) is 13.0. The Morgan fingerprint density at radius 1 is 1.11 bits per heavy atom. The summed E-state index contributed by atoms with van der Waals surface area (Å²) in [6.07, 6.45) is 0.615. The van der Waals surface area contributed by atoms with Gasteiger partial charge in [-0.05, 0) is 43.2 Å². The normalized spacial score (nSPS) is 13.3. The maximum Gasteiger partial charge on any atom is 0.261 e. The topological polar surface area (TPSA) is 79.4 Å². The number of hydrogen-bond acceptors (Lipinski definition) is 5. The Morgan fingerprint density at radius 2 is 1.81 bits per heavy atom. The smallest absolute Gasteiger partial charge is 0.261 e. The average molecular weight is 379 g/mol. The van der Waals surface area contributed by atoms with Crippen molar-refractivity contribution in [1.82, 2.24) is 9.88 Å². The van der Waals surface area contributed by atoms with Crippen molar-refractivity contribution in [2.24, 2.45) is 0 Å². The van der Waals surface area contributed by atoms with Crippen LogP contribution in [0.1, 0.15) is 39.1 Å². The van der Waals surface area contributed by atoms with Crippen LogP contribution in [0.4, 0.5) is 5.13 Å². The van der Waals surface area contributed by atoms with E-state index in [1.807, 2.05) is 25.1 Å². The van der Waals surface area contributed by atoms with Crippen LogP contribution < -0.4 is 5.32 Å². The third-order valence-corrected chi connectivity index (χ3v) is 5.39. The highest BCUT2D eigenvalue weighted by molar-refractivity contribution is 7.22. The molecule has 0 saturated heterocycles. The molecule has 0 aliphatic carbocycles. The van der Waals surface area contributed by atoms with Gasteiger partial charge in [-0.3, -0.25) is 19.3 Å². The van der Waals surface area contributed by atoms with E-state index in [9.17, 15) is 14.4 Å². The molecule has 0 radical (unpaired) electrons. The quantitative estimate of drug-likeness (QED) is 0.687. The largest absolute Gasteiger partial charge is 0.302 e. The van der Waals surface area contributed by atoms with E-state index in [2.05, 4.69) is 10.3 Å². The summed E-state index contributed by atoms with van der Waals surface area (Å²) in [4.78, 5) is 42.4. The number of aromatic nitrogens is 1. The van der Waals surface area contributed by atoms with Gasteiger partial charge >= 0.3 is 0 Å². The third kappa shape index (κ3) is 3.33. The van der Waals surface area contributed by atoms with E-state index in [0.29, 0.717) is 22.7 Å². The van der Waals surface area contributed by atoms with Gasteiger partial charge in [0.25, 0.3) is 11.8 Å². The zero-order valence-corrected chi connectivity index (χ0v) is 15.5. The van der Waals surface area contributed by atoms with E-state index >= 15 is 0 Å². The van der Waals surface area contributed by atoms with Crippen LogP contribution in [0.15, 0.2) is 42.5 Å². The van der Waals surface area contributed by atoms with Gasteiger partial charge in [0.05, 0.1) is 21.3 Å². The lowest BCUT2D eigenvalue weighted by Gasteiger charge is -2.13. The molecular weight excluding hydrogens is 362 g/mol. The highest BCUT2D eigenvalue weighted by Gasteiger charge is 2.34. The van der Waals surface area contributed by atoms with Crippen LogP contribution in [0.3, 0.4) is 0 Å². The molecular formula is C20H17N3O3S. The summed E-state index contributed by atoms with van der Waals surface area (Å²) in [5, 5.41) is 3.35. The molecule has 7 heteroatoms. The first-order valence-corrected chi connectivity index (χ1v) is 9.47. The summed E-state index contributed by atoms with van der Waals surface area (Å²) in [5.41, 5.74) is 2.85. The second-order valence-electron chi connectivity index (χ2n) is 6.45. The van der Waals surface area contributed by atoms with E-state index in [4.69, 9.17) is 0 Å². The van der Waals surface area contributed by atoms with Gasteiger partial charge in [-0.15, -0.1) is 0 Å². The SMILES string of the molecule is Cc1ccc2nc(NC(=O)CCCN3C(=O)c4ccccc4C3=O)sc2c1. The fourth-order valence-corrected chi connectivity index (χ4v) is 4.09. The van der Waals surface area contributed by atoms with E-state index in [1.165, 1.54) is 16.2 Å². The number of hydrogen-bond donors (Lipinski definition) is 1. The molecule has 1 aliphatic heterocycles. The number of thiazole rings is 1. The van der Waals surface area contributed by atoms with Crippen LogP contribution in [-0.4, -0.2) is 34.2 Å². The first-order valence-electron chi connectivity index (χ1n) is 8.65. The summed E-state index contributed by atoms with van der Waals surface area (Å²) in [6.45, 7) is 2.23. The molecule has 0 atom stereocenters. The highest BCUT2D eigenvalue weighted by atomic mass is 32.1. The maximum atomic E-state index is 12.3. The number of carbonyl (C=O) groups is 3. The highest BCUT2D eigenvalue weighted by Crippen LogP contribution is 2.27. The number of nitrogens with one attached hydrogen (secondary N) is 1. The Kier molecular flexibility index (Phi) is 4.45. The minimum Gasteiger partial charge on any atom is -0.302 e. The lowest BCUT2D eigenvalue weighted by atomic mass is 10.1. The standard InChI is InChI=1S/C20H17N3O3S/c1-12-8-9-15-16(11-12)27-20(21-15)22-17(24)7-4-10-23-18(25)13-5-2-3-6-14(13)19(23)26/h2-3,5-6,8-9,11H,4,7,10H2,1H3,(H,21,22,24). The van der Waals surface area contributed by atoms with Crippen molar-refractivity contribution in [2.45, 2.75) is 19.8 Å². The zero-order valence-electron chi connectivity index (χ0n) is 14.7. The van der Waals surface area contributed by atoms with Gasteiger partial charge in [-0.25, -0.2) is 4.98 Å². The van der Waals surface area contributed by atoms with E-state index < -0.39 is 0 Å². The van der Waals surface area contributed by atoms with Crippen molar-refractivity contribution in [3.8, 4) is 0 Å². The Labute approximate surface area is 159 Å². The molecule has 27 heavy (non-hydrogen) atoms. The molecule has 1 aromatic heterocycles. The third-order valence-electron chi connectivity index (χ3n) is 4.45. The average Bonchev–Trinajstić information content (AvgIpc) is 3.15. The monoisotopic (exact) mass is 379 g/mol. The van der Waals surface area contributed by atoms with Gasteiger partial charge in [-0.2, -0.15) is 0 Å². The van der Waals surface area contributed by atoms with Crippen LogP contribution in [0.5, 0.6) is 0 Å². The van der Waals surface area contributed by atoms with E-state index in [0.717, 1.165) is 15.8 Å². The number of anilines is 1. The Morgan fingerprint density at radius 3 is 2.52 bits per heavy atom. The molecule has 0 saturated carbocycles. The molecule has 0 fully saturated rings. The number of carbonyl (C=O) groups excluding carboxylic acids is 3. The van der Waals surface area contributed by atoms with Crippen molar-refractivity contribution < 1.29 is 14.4 Å².